The first kappa shape index (κ1) is 19.4. The Kier molecular flexibility index (Phi) is 5.16. The largest absolute Gasteiger partial charge is 0.456 e. The van der Waals surface area contributed by atoms with Gasteiger partial charge in [0.2, 0.25) is 0 Å². The third-order valence-corrected chi connectivity index (χ3v) is 5.66. The van der Waals surface area contributed by atoms with Crippen LogP contribution in [-0.4, -0.2) is 63.5 Å². The van der Waals surface area contributed by atoms with Crippen molar-refractivity contribution >= 4 is 28.5 Å². The molecule has 0 unspecified atom stereocenters. The Labute approximate surface area is 177 Å². The van der Waals surface area contributed by atoms with Gasteiger partial charge in [-0.3, -0.25) is 4.79 Å². The molecule has 5 rings (SSSR count). The second-order valence-electron chi connectivity index (χ2n) is 7.53. The molecule has 2 N–H and O–H groups in total. The van der Waals surface area contributed by atoms with Crippen LogP contribution in [0, 0.1) is 0 Å². The van der Waals surface area contributed by atoms with Crippen LogP contribution >= 0.6 is 11.6 Å². The van der Waals surface area contributed by atoms with Gasteiger partial charge < -0.3 is 24.3 Å². The molecule has 0 spiro atoms. The molecule has 30 heavy (non-hydrogen) atoms. The summed E-state index contributed by atoms with van der Waals surface area (Å²) in [6, 6.07) is 11.5. The number of aromatic amines is 1. The molecule has 9 heteroatoms. The molecule has 2 fully saturated rings. The van der Waals surface area contributed by atoms with Crippen LogP contribution in [0.5, 0.6) is 6.01 Å². The first-order valence-corrected chi connectivity index (χ1v) is 10.1. The molecule has 1 aromatic carbocycles. The number of H-pyrrole nitrogens is 1. The lowest BCUT2D eigenvalue weighted by molar-refractivity contribution is -0.117. The molecule has 156 valence electrons. The Morgan fingerprint density at radius 2 is 1.97 bits per heavy atom. The second kappa shape index (κ2) is 7.96. The highest BCUT2D eigenvalue weighted by Gasteiger charge is 2.48. The number of aliphatic hydroxyl groups is 1. The van der Waals surface area contributed by atoms with Crippen LogP contribution in [0.1, 0.15) is 11.3 Å². The number of carbonyl (C=O) groups excluding carboxylic acids is 1. The number of ketones is 1. The average molecular weight is 430 g/mol. The molecule has 2 aliphatic heterocycles. The van der Waals surface area contributed by atoms with Gasteiger partial charge in [0.05, 0.1) is 35.9 Å². The first-order chi connectivity index (χ1) is 14.6. The summed E-state index contributed by atoms with van der Waals surface area (Å²) in [5.74, 6) is 0.0213. The van der Waals surface area contributed by atoms with E-state index in [-0.39, 0.29) is 43.1 Å². The molecule has 0 radical (unpaired) electrons. The number of aromatic nitrogens is 3. The molecule has 0 amide bonds. The van der Waals surface area contributed by atoms with Gasteiger partial charge in [0.25, 0.3) is 6.01 Å². The lowest BCUT2D eigenvalue weighted by atomic mass is 10.1. The maximum atomic E-state index is 12.4. The summed E-state index contributed by atoms with van der Waals surface area (Å²) in [6.07, 6.45) is -1.29. The van der Waals surface area contributed by atoms with Crippen molar-refractivity contribution in [1.82, 2.24) is 15.0 Å². The van der Waals surface area contributed by atoms with E-state index >= 15 is 0 Å². The fourth-order valence-electron chi connectivity index (χ4n) is 3.87. The Morgan fingerprint density at radius 3 is 2.80 bits per heavy atom. The van der Waals surface area contributed by atoms with Crippen molar-refractivity contribution in [2.24, 2.45) is 0 Å². The Bertz CT molecular complexity index is 1070. The monoisotopic (exact) mass is 429 g/mol. The highest BCUT2D eigenvalue weighted by molar-refractivity contribution is 6.32. The maximum Gasteiger partial charge on any atom is 0.296 e. The number of hydrogen-bond donors (Lipinski definition) is 2. The maximum absolute atomic E-state index is 12.4. The summed E-state index contributed by atoms with van der Waals surface area (Å²) in [4.78, 5) is 24.3. The summed E-state index contributed by atoms with van der Waals surface area (Å²) in [5.41, 5.74) is 2.46. The van der Waals surface area contributed by atoms with E-state index < -0.39 is 6.10 Å². The summed E-state index contributed by atoms with van der Waals surface area (Å²) >= 11 is 6.35. The van der Waals surface area contributed by atoms with E-state index in [1.165, 1.54) is 0 Å². The van der Waals surface area contributed by atoms with Gasteiger partial charge in [-0.1, -0.05) is 41.9 Å². The third kappa shape index (κ3) is 3.79. The zero-order chi connectivity index (χ0) is 20.7. The Hall–Kier alpha value is -2.52. The fraction of sp³-hybridized carbons (Fsp3) is 0.381. The predicted octanol–water partition coefficient (Wildman–Crippen LogP) is 1.87. The lowest BCUT2D eigenvalue weighted by Gasteiger charge is -2.15. The van der Waals surface area contributed by atoms with Gasteiger partial charge in [-0.2, -0.15) is 4.98 Å². The van der Waals surface area contributed by atoms with E-state index in [2.05, 4.69) is 15.0 Å². The van der Waals surface area contributed by atoms with Crippen molar-refractivity contribution in [3.63, 3.8) is 0 Å². The molecule has 4 heterocycles. The SMILES string of the molecule is O=C(Cc1ccccc1)Cc1nc2nc(O[C@@H]3CO[C@H]4[C@@H]3OC[C@H]4O)[nH]c2cc1Cl. The van der Waals surface area contributed by atoms with Gasteiger partial charge in [-0.15, -0.1) is 0 Å². The third-order valence-electron chi connectivity index (χ3n) is 5.33. The topological polar surface area (TPSA) is 107 Å². The van der Waals surface area contributed by atoms with Crippen molar-refractivity contribution < 1.29 is 24.1 Å². The molecule has 2 aliphatic rings. The number of imidazole rings is 1. The molecule has 0 aliphatic carbocycles. The number of hydrogen-bond acceptors (Lipinski definition) is 7. The molecular weight excluding hydrogens is 410 g/mol. The second-order valence-corrected chi connectivity index (χ2v) is 7.93. The number of pyridine rings is 1. The van der Waals surface area contributed by atoms with Gasteiger partial charge in [-0.25, -0.2) is 4.98 Å². The van der Waals surface area contributed by atoms with Gasteiger partial charge >= 0.3 is 0 Å². The normalized spacial score (nSPS) is 25.5. The first-order valence-electron chi connectivity index (χ1n) is 9.75. The summed E-state index contributed by atoms with van der Waals surface area (Å²) in [6.45, 7) is 0.531. The number of nitrogens with zero attached hydrogens (tertiary/aromatic N) is 2. The van der Waals surface area contributed by atoms with Crippen molar-refractivity contribution in [2.75, 3.05) is 13.2 Å². The Balaban J connectivity index is 1.30. The number of fused-ring (bicyclic) bond motifs is 2. The molecule has 0 saturated carbocycles. The fourth-order valence-corrected chi connectivity index (χ4v) is 4.09. The number of nitrogens with one attached hydrogen (secondary N) is 1. The molecule has 2 aromatic heterocycles. The van der Waals surface area contributed by atoms with E-state index in [0.717, 1.165) is 5.56 Å². The number of aliphatic hydroxyl groups excluding tert-OH is 1. The average Bonchev–Trinajstić information content (AvgIpc) is 3.40. The van der Waals surface area contributed by atoms with Crippen LogP contribution in [0.25, 0.3) is 11.2 Å². The van der Waals surface area contributed by atoms with E-state index in [1.54, 1.807) is 6.07 Å². The van der Waals surface area contributed by atoms with Crippen molar-refractivity contribution in [3.8, 4) is 6.01 Å². The van der Waals surface area contributed by atoms with Crippen molar-refractivity contribution in [2.45, 2.75) is 37.3 Å². The van der Waals surface area contributed by atoms with E-state index in [0.29, 0.717) is 34.9 Å². The van der Waals surface area contributed by atoms with Gasteiger partial charge in [0.15, 0.2) is 11.8 Å². The van der Waals surface area contributed by atoms with Crippen LogP contribution in [-0.2, 0) is 27.1 Å². The minimum Gasteiger partial charge on any atom is -0.456 e. The molecule has 2 saturated heterocycles. The quantitative estimate of drug-likeness (QED) is 0.616. The standard InChI is InChI=1S/C21H20ClN3O5/c22-13-8-15-20(23-14(13)7-12(26)6-11-4-2-1-3-5-11)25-21(24-15)30-17-10-29-18-16(27)9-28-19(17)18/h1-5,8,16-19,27H,6-7,9-10H2,(H,23,24,25)/t16-,17-,18-,19-/m1/s1. The van der Waals surface area contributed by atoms with Gasteiger partial charge in [0, 0.05) is 6.42 Å². The molecular formula is C21H20ClN3O5. The van der Waals surface area contributed by atoms with E-state index in [9.17, 15) is 9.90 Å². The predicted molar refractivity (Wildman–Crippen MR) is 108 cm³/mol. The number of carbonyl (C=O) groups is 1. The lowest BCUT2D eigenvalue weighted by Crippen LogP contribution is -2.34. The van der Waals surface area contributed by atoms with Crippen LogP contribution in [0.2, 0.25) is 5.02 Å². The molecule has 4 atom stereocenters. The summed E-state index contributed by atoms with van der Waals surface area (Å²) in [7, 11) is 0. The highest BCUT2D eigenvalue weighted by atomic mass is 35.5. The van der Waals surface area contributed by atoms with Gasteiger partial charge in [0.1, 0.15) is 24.1 Å². The minimum atomic E-state index is -0.643. The molecule has 8 nitrogen and oxygen atoms in total. The van der Waals surface area contributed by atoms with Crippen LogP contribution in [0.3, 0.4) is 0 Å². The molecule has 3 aromatic rings. The zero-order valence-corrected chi connectivity index (χ0v) is 16.7. The summed E-state index contributed by atoms with van der Waals surface area (Å²) in [5, 5.41) is 10.2. The smallest absolute Gasteiger partial charge is 0.296 e. The van der Waals surface area contributed by atoms with Crippen LogP contribution < -0.4 is 4.74 Å². The minimum absolute atomic E-state index is 0.0213. The Morgan fingerprint density at radius 1 is 1.17 bits per heavy atom. The van der Waals surface area contributed by atoms with Gasteiger partial charge in [-0.05, 0) is 11.6 Å². The molecule has 0 bridgehead atoms. The highest BCUT2D eigenvalue weighted by Crippen LogP contribution is 2.30. The number of Topliss-reactive ketones (excluding diaryl/α,β-unsaturated/α-hetero) is 1. The number of ether oxygens (including phenoxy) is 3. The number of halogens is 1. The summed E-state index contributed by atoms with van der Waals surface area (Å²) < 4.78 is 17.0. The zero-order valence-electron chi connectivity index (χ0n) is 16.0. The number of benzene rings is 1. The van der Waals surface area contributed by atoms with E-state index in [4.69, 9.17) is 25.8 Å². The van der Waals surface area contributed by atoms with Crippen LogP contribution in [0.15, 0.2) is 36.4 Å². The van der Waals surface area contributed by atoms with E-state index in [1.807, 2.05) is 30.3 Å². The van der Waals surface area contributed by atoms with Crippen LogP contribution in [0.4, 0.5) is 0 Å². The van der Waals surface area contributed by atoms with Crippen molar-refractivity contribution in [3.05, 3.63) is 52.7 Å². The van der Waals surface area contributed by atoms with Crippen molar-refractivity contribution in [1.29, 1.82) is 0 Å². The number of rotatable bonds is 6.